The molecule has 0 saturated carbocycles. The van der Waals surface area contributed by atoms with Crippen LogP contribution in [0, 0.1) is 34.0 Å². The van der Waals surface area contributed by atoms with E-state index in [0.29, 0.717) is 22.8 Å². The fourth-order valence-electron chi connectivity index (χ4n) is 4.91. The van der Waals surface area contributed by atoms with Gasteiger partial charge in [0, 0.05) is 58.0 Å². The molecule has 0 amide bonds. The zero-order valence-electron chi connectivity index (χ0n) is 40.0. The van der Waals surface area contributed by atoms with E-state index in [2.05, 4.69) is 34.9 Å². The maximum atomic E-state index is 9.87. The van der Waals surface area contributed by atoms with E-state index in [9.17, 15) is 75.5 Å². The molecular formula is C45H36CrF18N12P3. The Bertz CT molecular complexity index is 2880. The second-order valence-corrected chi connectivity index (χ2v) is 19.6. The molecule has 423 valence electrons. The maximum Gasteiger partial charge on any atom is 3.00 e. The molecule has 0 saturated heterocycles. The number of nitrogens with zero attached hydrogens (tertiary/aromatic N) is 12. The van der Waals surface area contributed by atoms with Crippen molar-refractivity contribution >= 4 is 23.4 Å². The summed E-state index contributed by atoms with van der Waals surface area (Å²) in [5, 5.41) is 22.0. The van der Waals surface area contributed by atoms with E-state index in [0.717, 1.165) is 45.6 Å². The van der Waals surface area contributed by atoms with Crippen LogP contribution in [0.15, 0.2) is 165 Å². The van der Waals surface area contributed by atoms with Crippen molar-refractivity contribution in [2.24, 2.45) is 0 Å². The van der Waals surface area contributed by atoms with Crippen molar-refractivity contribution < 1.29 is 92.9 Å². The van der Waals surface area contributed by atoms with Gasteiger partial charge < -0.3 is 0 Å². The van der Waals surface area contributed by atoms with Crippen LogP contribution in [-0.2, 0) is 17.4 Å². The Hall–Kier alpha value is -7.84. The quantitative estimate of drug-likeness (QED) is 0.113. The van der Waals surface area contributed by atoms with Crippen LogP contribution in [0.3, 0.4) is 0 Å². The third-order valence-electron chi connectivity index (χ3n) is 7.13. The standard InChI is InChI=1S/C24H16N6.C15H11N3.3C2H3N.Cr.3F6P/c1-5-13-25-17(9-1)21-22(18-10-2-6-14-26-18)30-24(20-12-4-8-16-28-20)23(29-21)19-11-3-7-15-27-19;1-3-10-16-12(6-1)14-8-5-9-15(18-14)13-7-2-4-11-17-13;3*1-2-3;;3*1-7(2,3,4,5)6/h1-16H;1-11H;3*1H3;;;;/q;;;;;+3;3*-1. The van der Waals surface area contributed by atoms with Crippen molar-refractivity contribution in [2.45, 2.75) is 20.8 Å². The minimum atomic E-state index is -10.7. The van der Waals surface area contributed by atoms with Gasteiger partial charge in [0.15, 0.2) is 0 Å². The molecule has 12 nitrogen and oxygen atoms in total. The molecule has 0 atom stereocenters. The van der Waals surface area contributed by atoms with Gasteiger partial charge in [-0.2, -0.15) is 15.8 Å². The molecule has 0 aromatic carbocycles. The molecule has 34 heteroatoms. The van der Waals surface area contributed by atoms with Crippen molar-refractivity contribution in [3.63, 3.8) is 0 Å². The Morgan fingerprint density at radius 3 is 0.570 bits per heavy atom. The van der Waals surface area contributed by atoms with Gasteiger partial charge in [-0.25, -0.2) is 15.0 Å². The first-order valence-corrected chi connectivity index (χ1v) is 26.5. The summed E-state index contributed by atoms with van der Waals surface area (Å²) in [6.07, 6.45) is 10.5. The molecule has 0 aliphatic carbocycles. The summed E-state index contributed by atoms with van der Waals surface area (Å²) in [6, 6.07) is 45.6. The summed E-state index contributed by atoms with van der Waals surface area (Å²) < 4.78 is 178. The normalized spacial score (nSPS) is 12.8. The summed E-state index contributed by atoms with van der Waals surface area (Å²) in [6.45, 7) is 4.29. The van der Waals surface area contributed by atoms with Crippen LogP contribution in [0.4, 0.5) is 75.5 Å². The van der Waals surface area contributed by atoms with E-state index in [1.807, 2.05) is 127 Å². The van der Waals surface area contributed by atoms with Crippen LogP contribution in [0.2, 0.25) is 0 Å². The first kappa shape index (κ1) is 71.2. The smallest absolute Gasteiger partial charge is 0.255 e. The van der Waals surface area contributed by atoms with E-state index >= 15 is 0 Å². The molecule has 8 heterocycles. The molecule has 79 heavy (non-hydrogen) atoms. The summed E-state index contributed by atoms with van der Waals surface area (Å²) in [7, 11) is -32.0. The molecule has 8 rings (SSSR count). The van der Waals surface area contributed by atoms with Gasteiger partial charge in [-0.15, -0.1) is 0 Å². The monoisotopic (exact) mass is 1230 g/mol. The Morgan fingerprint density at radius 1 is 0.266 bits per heavy atom. The van der Waals surface area contributed by atoms with E-state index in [4.69, 9.17) is 25.8 Å². The van der Waals surface area contributed by atoms with Gasteiger partial charge in [-0.3, -0.25) is 29.9 Å². The topological polar surface area (TPSA) is 187 Å². The molecule has 0 bridgehead atoms. The van der Waals surface area contributed by atoms with Crippen LogP contribution < -0.4 is 0 Å². The third kappa shape index (κ3) is 40.1. The first-order valence-electron chi connectivity index (χ1n) is 20.4. The minimum absolute atomic E-state index is 0. The van der Waals surface area contributed by atoms with Gasteiger partial charge in [0.25, 0.3) is 0 Å². The Labute approximate surface area is 447 Å². The predicted molar refractivity (Wildman–Crippen MR) is 260 cm³/mol. The van der Waals surface area contributed by atoms with Gasteiger partial charge >= 0.3 is 116 Å². The maximum absolute atomic E-state index is 10.7. The molecule has 1 radical (unpaired) electrons. The summed E-state index contributed by atoms with van der Waals surface area (Å²) in [4.78, 5) is 41.2. The number of rotatable bonds is 6. The second kappa shape index (κ2) is 26.7. The first-order chi connectivity index (χ1) is 35.4. The average Bonchev–Trinajstić information content (AvgIpc) is 3.33. The van der Waals surface area contributed by atoms with Gasteiger partial charge in [0.2, 0.25) is 0 Å². The molecule has 0 aliphatic heterocycles. The molecular weight excluding hydrogens is 1200 g/mol. The van der Waals surface area contributed by atoms with Crippen LogP contribution >= 0.6 is 23.4 Å². The van der Waals surface area contributed by atoms with Crippen LogP contribution in [0.25, 0.3) is 68.3 Å². The number of nitriles is 3. The predicted octanol–water partition coefficient (Wildman–Crippen LogP) is 19.7. The molecule has 0 unspecified atom stereocenters. The van der Waals surface area contributed by atoms with Crippen LogP contribution in [0.5, 0.6) is 0 Å². The summed E-state index contributed by atoms with van der Waals surface area (Å²) in [5.74, 6) is 0. The van der Waals surface area contributed by atoms with Gasteiger partial charge in [0.05, 0.1) is 63.8 Å². The van der Waals surface area contributed by atoms with Crippen molar-refractivity contribution in [1.29, 1.82) is 15.8 Å². The van der Waals surface area contributed by atoms with E-state index in [1.54, 1.807) is 55.4 Å². The zero-order chi connectivity index (χ0) is 59.7. The van der Waals surface area contributed by atoms with Gasteiger partial charge in [-0.05, 0) is 84.9 Å². The number of halogens is 18. The molecule has 8 aromatic rings. The third-order valence-corrected chi connectivity index (χ3v) is 7.13. The Balaban J connectivity index is 0.00000105. The fraction of sp³-hybridized carbons (Fsp3) is 0.0667. The van der Waals surface area contributed by atoms with E-state index < -0.39 is 23.4 Å². The Kier molecular flexibility index (Phi) is 24.0. The van der Waals surface area contributed by atoms with Crippen LogP contribution in [-0.4, -0.2) is 44.9 Å². The summed E-state index contributed by atoms with van der Waals surface area (Å²) in [5.41, 5.74) is 8.92. The average molecular weight is 1230 g/mol. The van der Waals surface area contributed by atoms with Gasteiger partial charge in [0.1, 0.15) is 22.8 Å². The largest absolute Gasteiger partial charge is 3.00 e. The van der Waals surface area contributed by atoms with Crippen molar-refractivity contribution in [3.05, 3.63) is 165 Å². The fourth-order valence-corrected chi connectivity index (χ4v) is 4.91. The molecule has 0 N–H and O–H groups in total. The van der Waals surface area contributed by atoms with Crippen molar-refractivity contribution in [3.8, 4) is 86.5 Å². The van der Waals surface area contributed by atoms with E-state index in [-0.39, 0.29) is 17.4 Å². The molecule has 0 spiro atoms. The van der Waals surface area contributed by atoms with Crippen LogP contribution in [0.1, 0.15) is 20.8 Å². The molecule has 0 aliphatic rings. The minimum Gasteiger partial charge on any atom is -0.255 e. The zero-order valence-corrected chi connectivity index (χ0v) is 44.0. The number of aromatic nitrogens is 9. The second-order valence-electron chi connectivity index (χ2n) is 13.9. The number of hydrogen-bond donors (Lipinski definition) is 0. The number of hydrogen-bond acceptors (Lipinski definition) is 12. The SMILES string of the molecule is CC#N.CC#N.CC#N.F[P-](F)(F)(F)(F)F.F[P-](F)(F)(F)(F)F.F[P-](F)(F)(F)(F)F.[Cr+3].c1ccc(-c2cccc(-c3ccccn3)n2)nc1.c1ccc(-c2nc(-c3ccccn3)c(-c3ccccn3)nc2-c2ccccn2)nc1. The van der Waals surface area contributed by atoms with Crippen molar-refractivity contribution in [1.82, 2.24) is 44.9 Å². The number of pyridine rings is 7. The van der Waals surface area contributed by atoms with Gasteiger partial charge in [-0.1, -0.05) is 42.5 Å². The Morgan fingerprint density at radius 2 is 0.418 bits per heavy atom. The molecule has 8 aromatic heterocycles. The summed E-state index contributed by atoms with van der Waals surface area (Å²) >= 11 is 0. The molecule has 0 fully saturated rings. The van der Waals surface area contributed by atoms with Crippen molar-refractivity contribution in [2.75, 3.05) is 0 Å². The van der Waals surface area contributed by atoms with E-state index in [1.165, 1.54) is 20.8 Å².